The second-order valence-corrected chi connectivity index (χ2v) is 3.51. The van der Waals surface area contributed by atoms with E-state index in [1.807, 2.05) is 0 Å². The molecule has 0 aliphatic carbocycles. The van der Waals surface area contributed by atoms with Gasteiger partial charge in [-0.05, 0) is 0 Å². The summed E-state index contributed by atoms with van der Waals surface area (Å²) in [5.41, 5.74) is 0. The van der Waals surface area contributed by atoms with Gasteiger partial charge in [-0.15, -0.1) is 12.4 Å². The summed E-state index contributed by atoms with van der Waals surface area (Å²) in [6, 6.07) is 0. The highest BCUT2D eigenvalue weighted by Gasteiger charge is 2.78. The summed E-state index contributed by atoms with van der Waals surface area (Å²) in [6.07, 6.45) is -6.76. The van der Waals surface area contributed by atoms with Crippen LogP contribution in [0.5, 0.6) is 0 Å². The van der Waals surface area contributed by atoms with E-state index in [2.05, 4.69) is 4.18 Å². The Balaban J connectivity index is 0. The number of carboxylic acids is 1. The van der Waals surface area contributed by atoms with Gasteiger partial charge in [-0.25, -0.2) is 4.79 Å². The molecule has 0 aromatic rings. The number of hydrogen-bond donors (Lipinski definition) is 2. The minimum atomic E-state index is -6.76. The van der Waals surface area contributed by atoms with Crippen LogP contribution in [0, 0.1) is 0 Å². The fourth-order valence-electron chi connectivity index (χ4n) is 0.550. The minimum Gasteiger partial charge on any atom is -0.477 e. The first-order chi connectivity index (χ1) is 7.15. The quantitative estimate of drug-likeness (QED) is 0.593. The fourth-order valence-corrected chi connectivity index (χ4v) is 1.02. The zero-order valence-corrected chi connectivity index (χ0v) is 9.24. The summed E-state index contributed by atoms with van der Waals surface area (Å²) in [5.74, 6) is -16.3. The van der Waals surface area contributed by atoms with E-state index in [-0.39, 0.29) is 12.4 Å². The van der Waals surface area contributed by atoms with Gasteiger partial charge in [0.25, 0.3) is 0 Å². The van der Waals surface area contributed by atoms with Crippen molar-refractivity contribution in [2.24, 2.45) is 0 Å². The highest BCUT2D eigenvalue weighted by atomic mass is 35.5. The molecule has 0 fully saturated rings. The molecule has 0 heterocycles. The van der Waals surface area contributed by atoms with Crippen LogP contribution in [-0.4, -0.2) is 42.0 Å². The maximum absolute atomic E-state index is 12.9. The SMILES string of the molecule is Cl.O=C(O)C(F)(OS(=O)(=O)O)C(F)(F)C(F)(F)F. The summed E-state index contributed by atoms with van der Waals surface area (Å²) in [4.78, 5) is 9.94. The van der Waals surface area contributed by atoms with Crippen molar-refractivity contribution in [1.29, 1.82) is 0 Å². The molecule has 0 aliphatic rings. The first-order valence-electron chi connectivity index (χ1n) is 3.20. The van der Waals surface area contributed by atoms with E-state index in [0.29, 0.717) is 0 Å². The van der Waals surface area contributed by atoms with Crippen LogP contribution < -0.4 is 0 Å². The van der Waals surface area contributed by atoms with Gasteiger partial charge in [0.2, 0.25) is 0 Å². The van der Waals surface area contributed by atoms with Crippen molar-refractivity contribution in [3.63, 3.8) is 0 Å². The van der Waals surface area contributed by atoms with Crippen molar-refractivity contribution in [2.45, 2.75) is 18.0 Å². The molecule has 0 saturated heterocycles. The Bertz CT molecular complexity index is 418. The molecule has 6 nitrogen and oxygen atoms in total. The van der Waals surface area contributed by atoms with Crippen molar-refractivity contribution in [3.05, 3.63) is 0 Å². The largest absolute Gasteiger partial charge is 0.477 e. The van der Waals surface area contributed by atoms with Gasteiger partial charge < -0.3 is 5.11 Å². The summed E-state index contributed by atoms with van der Waals surface area (Å²) >= 11 is 0. The summed E-state index contributed by atoms with van der Waals surface area (Å²) in [6.45, 7) is 0. The molecule has 0 spiro atoms. The van der Waals surface area contributed by atoms with Crippen LogP contribution in [0.2, 0.25) is 0 Å². The topological polar surface area (TPSA) is 101 Å². The minimum absolute atomic E-state index is 0. The molecule has 2 N–H and O–H groups in total. The predicted octanol–water partition coefficient (Wildman–Crippen LogP) is 1.18. The van der Waals surface area contributed by atoms with Crippen molar-refractivity contribution in [3.8, 4) is 0 Å². The number of rotatable bonds is 4. The fraction of sp³-hybridized carbons (Fsp3) is 0.750. The summed E-state index contributed by atoms with van der Waals surface area (Å²) in [7, 11) is -6.21. The van der Waals surface area contributed by atoms with Crippen molar-refractivity contribution in [2.75, 3.05) is 0 Å². The van der Waals surface area contributed by atoms with Crippen LogP contribution in [0.4, 0.5) is 26.3 Å². The number of carboxylic acid groups (broad SMARTS) is 1. The van der Waals surface area contributed by atoms with E-state index in [9.17, 15) is 39.6 Å². The molecule has 0 bridgehead atoms. The second kappa shape index (κ2) is 5.07. The van der Waals surface area contributed by atoms with Gasteiger partial charge in [-0.1, -0.05) is 0 Å². The maximum Gasteiger partial charge on any atom is 0.460 e. The Kier molecular flexibility index (Phi) is 5.50. The van der Waals surface area contributed by atoms with Crippen LogP contribution in [0.25, 0.3) is 0 Å². The molecule has 0 rings (SSSR count). The normalized spacial score (nSPS) is 16.6. The second-order valence-electron chi connectivity index (χ2n) is 2.48. The summed E-state index contributed by atoms with van der Waals surface area (Å²) in [5, 5.41) is 7.84. The molecule has 0 aliphatic heterocycles. The molecule has 0 radical (unpaired) electrons. The molecule has 0 aromatic carbocycles. The monoisotopic (exact) mass is 328 g/mol. The Morgan fingerprint density at radius 2 is 1.39 bits per heavy atom. The third kappa shape index (κ3) is 3.60. The van der Waals surface area contributed by atoms with Gasteiger partial charge in [0.05, 0.1) is 0 Å². The first kappa shape index (κ1) is 19.5. The lowest BCUT2D eigenvalue weighted by atomic mass is 10.1. The molecule has 18 heavy (non-hydrogen) atoms. The zero-order chi connectivity index (χ0) is 14.3. The lowest BCUT2D eigenvalue weighted by Crippen LogP contribution is -2.60. The first-order valence-corrected chi connectivity index (χ1v) is 4.56. The standard InChI is InChI=1S/C4H2F6O6S.ClH/c5-2(1(11)12,16-17(13,14)15)3(6,7)4(8,9)10;/h(H,11,12)(H,13,14,15);1H. The molecular formula is C4H3ClF6O6S. The number of carbonyl (C=O) groups is 1. The van der Waals surface area contributed by atoms with Gasteiger partial charge in [-0.3, -0.25) is 4.55 Å². The number of aliphatic carboxylic acids is 1. The van der Waals surface area contributed by atoms with E-state index in [1.165, 1.54) is 0 Å². The molecule has 0 aromatic heterocycles. The highest BCUT2D eigenvalue weighted by molar-refractivity contribution is 7.81. The molecule has 0 saturated carbocycles. The van der Waals surface area contributed by atoms with Gasteiger partial charge >= 0.3 is 34.3 Å². The lowest BCUT2D eigenvalue weighted by molar-refractivity contribution is -0.357. The molecule has 110 valence electrons. The molecular weight excluding hydrogens is 326 g/mol. The third-order valence-electron chi connectivity index (χ3n) is 1.26. The average Bonchev–Trinajstić information content (AvgIpc) is 1.97. The highest BCUT2D eigenvalue weighted by Crippen LogP contribution is 2.46. The van der Waals surface area contributed by atoms with E-state index in [4.69, 9.17) is 9.66 Å². The van der Waals surface area contributed by atoms with Crippen molar-refractivity contribution >= 4 is 28.8 Å². The van der Waals surface area contributed by atoms with Crippen LogP contribution in [-0.2, 0) is 19.4 Å². The van der Waals surface area contributed by atoms with Gasteiger partial charge in [0.15, 0.2) is 0 Å². The molecule has 1 atom stereocenters. The Morgan fingerprint density at radius 3 is 1.56 bits per heavy atom. The van der Waals surface area contributed by atoms with Crippen molar-refractivity contribution in [1.82, 2.24) is 0 Å². The molecule has 1 unspecified atom stereocenters. The van der Waals surface area contributed by atoms with E-state index >= 15 is 0 Å². The average molecular weight is 329 g/mol. The maximum atomic E-state index is 12.9. The summed E-state index contributed by atoms with van der Waals surface area (Å²) < 4.78 is 102. The Hall–Kier alpha value is -0.790. The van der Waals surface area contributed by atoms with Crippen LogP contribution in [0.15, 0.2) is 0 Å². The molecule has 14 heteroatoms. The van der Waals surface area contributed by atoms with Gasteiger partial charge in [0, 0.05) is 0 Å². The lowest BCUT2D eigenvalue weighted by Gasteiger charge is -2.28. The predicted molar refractivity (Wildman–Crippen MR) is 42.4 cm³/mol. The Morgan fingerprint density at radius 1 is 1.06 bits per heavy atom. The van der Waals surface area contributed by atoms with Crippen LogP contribution in [0.1, 0.15) is 0 Å². The number of alkyl halides is 6. The van der Waals surface area contributed by atoms with Crippen molar-refractivity contribution < 1.29 is 53.4 Å². The van der Waals surface area contributed by atoms with Gasteiger partial charge in [-0.2, -0.15) is 38.9 Å². The van der Waals surface area contributed by atoms with Gasteiger partial charge in [0.1, 0.15) is 0 Å². The zero-order valence-electron chi connectivity index (χ0n) is 7.61. The van der Waals surface area contributed by atoms with E-state index in [1.54, 1.807) is 0 Å². The number of hydrogen-bond acceptors (Lipinski definition) is 4. The smallest absolute Gasteiger partial charge is 0.460 e. The van der Waals surface area contributed by atoms with E-state index in [0.717, 1.165) is 0 Å². The molecule has 0 amide bonds. The van der Waals surface area contributed by atoms with Crippen LogP contribution in [0.3, 0.4) is 0 Å². The van der Waals surface area contributed by atoms with E-state index < -0.39 is 34.3 Å². The number of halogens is 7. The van der Waals surface area contributed by atoms with Crippen LogP contribution >= 0.6 is 12.4 Å². The third-order valence-corrected chi connectivity index (χ3v) is 1.70. The Labute approximate surface area is 101 Å².